The third-order valence-electron chi connectivity index (χ3n) is 5.44. The molecule has 1 saturated heterocycles. The molecule has 1 amide bonds. The van der Waals surface area contributed by atoms with Gasteiger partial charge in [-0.2, -0.15) is 9.78 Å². The van der Waals surface area contributed by atoms with E-state index in [9.17, 15) is 14.7 Å². The van der Waals surface area contributed by atoms with Crippen molar-refractivity contribution in [2.24, 2.45) is 5.41 Å². The molecule has 0 bridgehead atoms. The number of nitrogens with zero attached hydrogens (tertiary/aromatic N) is 4. The van der Waals surface area contributed by atoms with E-state index in [2.05, 4.69) is 11.7 Å². The number of hydrogen-bond acceptors (Lipinski definition) is 5. The largest absolute Gasteiger partial charge is 0.465 e. The van der Waals surface area contributed by atoms with Gasteiger partial charge in [0.15, 0.2) is 0 Å². The van der Waals surface area contributed by atoms with Gasteiger partial charge >= 0.3 is 6.09 Å². The van der Waals surface area contributed by atoms with Crippen molar-refractivity contribution < 1.29 is 14.7 Å². The van der Waals surface area contributed by atoms with E-state index in [1.165, 1.54) is 20.9 Å². The van der Waals surface area contributed by atoms with E-state index in [4.69, 9.17) is 11.6 Å². The van der Waals surface area contributed by atoms with E-state index >= 15 is 0 Å². The molecule has 1 aliphatic rings. The molecule has 9 heteroatoms. The molecule has 7 nitrogen and oxygen atoms in total. The second-order valence-electron chi connectivity index (χ2n) is 8.55. The van der Waals surface area contributed by atoms with Gasteiger partial charge in [-0.05, 0) is 31.4 Å². The summed E-state index contributed by atoms with van der Waals surface area (Å²) in [6, 6.07) is 5.50. The minimum absolute atomic E-state index is 0.174. The summed E-state index contributed by atoms with van der Waals surface area (Å²) in [6.45, 7) is 9.76. The molecule has 162 valence electrons. The zero-order chi connectivity index (χ0) is 22.3. The van der Waals surface area contributed by atoms with Crippen LogP contribution < -0.4 is 4.90 Å². The quantitative estimate of drug-likeness (QED) is 0.600. The summed E-state index contributed by atoms with van der Waals surface area (Å²) < 4.78 is 2.04. The molecule has 1 fully saturated rings. The lowest BCUT2D eigenvalue weighted by atomic mass is 9.88. The van der Waals surface area contributed by atoms with E-state index in [0.717, 1.165) is 11.4 Å². The number of hydrogen-bond donors (Lipinski definition) is 1. The second kappa shape index (κ2) is 8.07. The fourth-order valence-electron chi connectivity index (χ4n) is 3.88. The molecular formula is C21H27ClN4O3S. The zero-order valence-electron chi connectivity index (χ0n) is 17.7. The number of amides is 1. The Morgan fingerprint density at radius 3 is 2.67 bits per heavy atom. The number of anilines is 2. The molecule has 1 aliphatic heterocycles. The van der Waals surface area contributed by atoms with Gasteiger partial charge in [0.05, 0.1) is 20.6 Å². The minimum atomic E-state index is -0.994. The third-order valence-corrected chi connectivity index (χ3v) is 6.74. The number of rotatable bonds is 5. The van der Waals surface area contributed by atoms with Gasteiger partial charge in [-0.15, -0.1) is 17.9 Å². The maximum atomic E-state index is 13.2. The Balaban J connectivity index is 2.19. The molecule has 3 rings (SSSR count). The normalized spacial score (nSPS) is 19.2. The minimum Gasteiger partial charge on any atom is -0.465 e. The fourth-order valence-corrected chi connectivity index (χ4v) is 4.88. The van der Waals surface area contributed by atoms with Gasteiger partial charge < -0.3 is 10.0 Å². The summed E-state index contributed by atoms with van der Waals surface area (Å²) in [4.78, 5) is 28.5. The van der Waals surface area contributed by atoms with Crippen LogP contribution in [0.15, 0.2) is 30.9 Å². The van der Waals surface area contributed by atoms with Crippen LogP contribution >= 0.6 is 22.9 Å². The molecule has 2 aromatic rings. The zero-order valence-corrected chi connectivity index (χ0v) is 19.3. The van der Waals surface area contributed by atoms with Gasteiger partial charge in [0.25, 0.3) is 5.91 Å². The van der Waals surface area contributed by atoms with Crippen molar-refractivity contribution >= 4 is 45.8 Å². The second-order valence-corrected chi connectivity index (χ2v) is 10.2. The summed E-state index contributed by atoms with van der Waals surface area (Å²) >= 11 is 7.51. The molecule has 0 aromatic carbocycles. The number of thiophene rings is 1. The Morgan fingerprint density at radius 1 is 1.43 bits per heavy atom. The van der Waals surface area contributed by atoms with E-state index < -0.39 is 17.0 Å². The van der Waals surface area contributed by atoms with Crippen molar-refractivity contribution in [3.8, 4) is 0 Å². The fraction of sp³-hybridized carbons (Fsp3) is 0.476. The molecule has 2 aromatic heterocycles. The average molecular weight is 451 g/mol. The van der Waals surface area contributed by atoms with Gasteiger partial charge in [0, 0.05) is 25.1 Å². The Kier molecular flexibility index (Phi) is 6.02. The standard InChI is InChI=1S/C21H27ClN4O3S/c1-6-10-21(11-7-12-25(21)19(28)29)14-13-16(24(5)17-9-8-15(22)30-17)26(23-14)18(27)20(2,3)4/h6,8-9,13H,1,7,10-12H2,2-5H3,(H,28,29). The molecule has 30 heavy (non-hydrogen) atoms. The number of aromatic nitrogens is 2. The van der Waals surface area contributed by atoms with Gasteiger partial charge in [-0.25, -0.2) is 4.79 Å². The van der Waals surface area contributed by atoms with Gasteiger partial charge in [-0.1, -0.05) is 38.4 Å². The Labute approximate surface area is 185 Å². The molecule has 0 saturated carbocycles. The molecule has 0 aliphatic carbocycles. The highest BCUT2D eigenvalue weighted by molar-refractivity contribution is 7.20. The summed E-state index contributed by atoms with van der Waals surface area (Å²) in [5.41, 5.74) is -0.941. The molecule has 0 radical (unpaired) electrons. The average Bonchev–Trinajstić information content (AvgIpc) is 3.37. The maximum Gasteiger partial charge on any atom is 0.408 e. The van der Waals surface area contributed by atoms with Crippen molar-refractivity contribution in [3.05, 3.63) is 40.9 Å². The topological polar surface area (TPSA) is 78.7 Å². The lowest BCUT2D eigenvalue weighted by molar-refractivity contribution is 0.0745. The first-order valence-electron chi connectivity index (χ1n) is 9.77. The molecule has 1 N–H and O–H groups in total. The van der Waals surface area contributed by atoms with Crippen LogP contribution in [0.4, 0.5) is 15.6 Å². The molecule has 3 heterocycles. The summed E-state index contributed by atoms with van der Waals surface area (Å²) in [7, 11) is 1.85. The van der Waals surface area contributed by atoms with Crippen molar-refractivity contribution in [3.63, 3.8) is 0 Å². The summed E-state index contributed by atoms with van der Waals surface area (Å²) in [5, 5.41) is 15.3. The predicted molar refractivity (Wildman–Crippen MR) is 120 cm³/mol. The van der Waals surface area contributed by atoms with E-state index in [-0.39, 0.29) is 5.91 Å². The number of carbonyl (C=O) groups excluding carboxylic acids is 1. The predicted octanol–water partition coefficient (Wildman–Crippen LogP) is 5.60. The van der Waals surface area contributed by atoms with E-state index in [1.54, 1.807) is 12.1 Å². The summed E-state index contributed by atoms with van der Waals surface area (Å²) in [5.74, 6) is 0.399. The highest BCUT2D eigenvalue weighted by Gasteiger charge is 2.47. The van der Waals surface area contributed by atoms with Crippen LogP contribution in [0.3, 0.4) is 0 Å². The SMILES string of the molecule is C=CCC1(c2cc(N(C)c3ccc(Cl)s3)n(C(=O)C(C)(C)C)n2)CCCN1C(=O)O. The van der Waals surface area contributed by atoms with Crippen molar-refractivity contribution in [2.45, 2.75) is 45.6 Å². The lowest BCUT2D eigenvalue weighted by Crippen LogP contribution is -2.44. The number of carboxylic acid groups (broad SMARTS) is 1. The van der Waals surface area contributed by atoms with Crippen LogP contribution in [0, 0.1) is 5.41 Å². The van der Waals surface area contributed by atoms with Crippen LogP contribution in [0.2, 0.25) is 4.34 Å². The van der Waals surface area contributed by atoms with Gasteiger partial charge in [0.1, 0.15) is 5.82 Å². The highest BCUT2D eigenvalue weighted by Crippen LogP contribution is 2.44. The van der Waals surface area contributed by atoms with Crippen LogP contribution in [-0.4, -0.2) is 45.4 Å². The molecule has 1 unspecified atom stereocenters. The van der Waals surface area contributed by atoms with Crippen LogP contribution in [-0.2, 0) is 5.54 Å². The third kappa shape index (κ3) is 3.86. The van der Waals surface area contributed by atoms with E-state index in [0.29, 0.717) is 35.2 Å². The van der Waals surface area contributed by atoms with Gasteiger partial charge in [-0.3, -0.25) is 9.69 Å². The van der Waals surface area contributed by atoms with Crippen molar-refractivity contribution in [1.29, 1.82) is 0 Å². The Bertz CT molecular complexity index is 977. The number of likely N-dealkylation sites (tertiary alicyclic amines) is 1. The number of halogens is 1. The first-order valence-corrected chi connectivity index (χ1v) is 11.0. The van der Waals surface area contributed by atoms with Crippen molar-refractivity contribution in [2.75, 3.05) is 18.5 Å². The molecule has 1 atom stereocenters. The molecule has 0 spiro atoms. The maximum absolute atomic E-state index is 13.2. The van der Waals surface area contributed by atoms with Gasteiger partial charge in [0.2, 0.25) is 0 Å². The Hall–Kier alpha value is -2.32. The molecular weight excluding hydrogens is 424 g/mol. The lowest BCUT2D eigenvalue weighted by Gasteiger charge is -2.34. The highest BCUT2D eigenvalue weighted by atomic mass is 35.5. The smallest absolute Gasteiger partial charge is 0.408 e. The summed E-state index contributed by atoms with van der Waals surface area (Å²) in [6.07, 6.45) is 2.50. The van der Waals surface area contributed by atoms with Crippen LogP contribution in [0.1, 0.15) is 50.5 Å². The van der Waals surface area contributed by atoms with Crippen LogP contribution in [0.5, 0.6) is 0 Å². The monoisotopic (exact) mass is 450 g/mol. The van der Waals surface area contributed by atoms with E-state index in [1.807, 2.05) is 44.9 Å². The Morgan fingerprint density at radius 2 is 2.13 bits per heavy atom. The first-order chi connectivity index (χ1) is 14.0. The van der Waals surface area contributed by atoms with Crippen molar-refractivity contribution in [1.82, 2.24) is 14.7 Å². The number of carbonyl (C=O) groups is 2. The first kappa shape index (κ1) is 22.4. The van der Waals surface area contributed by atoms with Crippen LogP contribution in [0.25, 0.3) is 0 Å².